The average Bonchev–Trinajstić information content (AvgIpc) is 2.83. The minimum Gasteiger partial charge on any atom is -0.469 e. The van der Waals surface area contributed by atoms with Gasteiger partial charge in [0, 0.05) is 7.11 Å². The fourth-order valence-electron chi connectivity index (χ4n) is 2.15. The van der Waals surface area contributed by atoms with E-state index in [-0.39, 0.29) is 35.0 Å². The third-order valence-corrected chi connectivity index (χ3v) is 3.52. The summed E-state index contributed by atoms with van der Waals surface area (Å²) in [6.07, 6.45) is -0.317. The standard InChI is InChI=1S/C15H14ClFN2O5/c1-23-7-12(20)14-10(6-13(21)24-2)18-19(15(14)22)11-4-3-8(17)5-9(11)16/h3-5,18H,6-7H2,1-2H3. The summed E-state index contributed by atoms with van der Waals surface area (Å²) < 4.78 is 23.5. The molecule has 1 heterocycles. The van der Waals surface area contributed by atoms with E-state index in [4.69, 9.17) is 16.3 Å². The molecular formula is C15H14ClFN2O5. The molecule has 0 bridgehead atoms. The van der Waals surface area contributed by atoms with Gasteiger partial charge in [0.1, 0.15) is 18.0 Å². The lowest BCUT2D eigenvalue weighted by Gasteiger charge is -2.04. The van der Waals surface area contributed by atoms with E-state index in [0.29, 0.717) is 0 Å². The van der Waals surface area contributed by atoms with Gasteiger partial charge in [0.25, 0.3) is 5.56 Å². The second kappa shape index (κ2) is 7.41. The zero-order valence-corrected chi connectivity index (χ0v) is 13.6. The Hall–Kier alpha value is -2.45. The van der Waals surface area contributed by atoms with Crippen molar-refractivity contribution in [3.05, 3.63) is 50.7 Å². The number of halogens is 2. The van der Waals surface area contributed by atoms with E-state index < -0.39 is 23.1 Å². The van der Waals surface area contributed by atoms with Crippen molar-refractivity contribution >= 4 is 23.4 Å². The van der Waals surface area contributed by atoms with Gasteiger partial charge in [0.05, 0.1) is 29.9 Å². The number of benzene rings is 1. The van der Waals surface area contributed by atoms with Gasteiger partial charge in [-0.1, -0.05) is 11.6 Å². The van der Waals surface area contributed by atoms with Gasteiger partial charge in [-0.2, -0.15) is 0 Å². The predicted molar refractivity (Wildman–Crippen MR) is 83.3 cm³/mol. The third kappa shape index (κ3) is 3.55. The van der Waals surface area contributed by atoms with Crippen LogP contribution < -0.4 is 5.56 Å². The quantitative estimate of drug-likeness (QED) is 0.625. The van der Waals surface area contributed by atoms with Gasteiger partial charge in [-0.25, -0.2) is 9.07 Å². The smallest absolute Gasteiger partial charge is 0.311 e. The Kier molecular flexibility index (Phi) is 5.53. The molecule has 0 aliphatic rings. The summed E-state index contributed by atoms with van der Waals surface area (Å²) in [6.45, 7) is -0.335. The minimum absolute atomic E-state index is 0.0336. The summed E-state index contributed by atoms with van der Waals surface area (Å²) in [5.41, 5.74) is -0.743. The Morgan fingerprint density at radius 2 is 2.04 bits per heavy atom. The van der Waals surface area contributed by atoms with Crippen LogP contribution in [0.2, 0.25) is 5.02 Å². The predicted octanol–water partition coefficient (Wildman–Crippen LogP) is 1.50. The highest BCUT2D eigenvalue weighted by Crippen LogP contribution is 2.20. The number of hydrogen-bond donors (Lipinski definition) is 1. The lowest BCUT2D eigenvalue weighted by atomic mass is 10.1. The van der Waals surface area contributed by atoms with E-state index in [2.05, 4.69) is 9.84 Å². The van der Waals surface area contributed by atoms with Crippen LogP contribution in [0.5, 0.6) is 0 Å². The average molecular weight is 357 g/mol. The lowest BCUT2D eigenvalue weighted by molar-refractivity contribution is -0.139. The minimum atomic E-state index is -0.718. The van der Waals surface area contributed by atoms with E-state index in [1.807, 2.05) is 0 Å². The third-order valence-electron chi connectivity index (χ3n) is 3.22. The van der Waals surface area contributed by atoms with Gasteiger partial charge in [-0.3, -0.25) is 19.5 Å². The van der Waals surface area contributed by atoms with Crippen LogP contribution in [-0.2, 0) is 20.7 Å². The molecule has 0 saturated heterocycles. The molecule has 2 aromatic rings. The van der Waals surface area contributed by atoms with Crippen molar-refractivity contribution in [1.82, 2.24) is 9.78 Å². The number of carbonyl (C=O) groups is 2. The topological polar surface area (TPSA) is 90.4 Å². The Labute approximate surface area is 140 Å². The molecule has 9 heteroatoms. The number of carbonyl (C=O) groups excluding carboxylic acids is 2. The molecule has 7 nitrogen and oxygen atoms in total. The number of aromatic amines is 1. The summed E-state index contributed by atoms with van der Waals surface area (Å²) in [5, 5.41) is 2.62. The zero-order valence-electron chi connectivity index (χ0n) is 12.9. The van der Waals surface area contributed by atoms with Crippen LogP contribution in [0.4, 0.5) is 4.39 Å². The fourth-order valence-corrected chi connectivity index (χ4v) is 2.40. The number of hydrogen-bond acceptors (Lipinski definition) is 5. The molecule has 0 radical (unpaired) electrons. The van der Waals surface area contributed by atoms with Gasteiger partial charge < -0.3 is 9.47 Å². The normalized spacial score (nSPS) is 10.7. The summed E-state index contributed by atoms with van der Waals surface area (Å²) in [6, 6.07) is 3.42. The first kappa shape index (κ1) is 17.9. The van der Waals surface area contributed by atoms with E-state index in [1.54, 1.807) is 0 Å². The molecule has 128 valence electrons. The number of Topliss-reactive ketones (excluding diaryl/α,β-unsaturated/α-hetero) is 1. The maximum absolute atomic E-state index is 13.2. The van der Waals surface area contributed by atoms with Crippen LogP contribution in [0.3, 0.4) is 0 Å². The Morgan fingerprint density at radius 1 is 1.33 bits per heavy atom. The second-order valence-corrected chi connectivity index (χ2v) is 5.22. The molecule has 1 N–H and O–H groups in total. The molecule has 0 aliphatic heterocycles. The number of rotatable bonds is 6. The SMILES string of the molecule is COCC(=O)c1c(CC(=O)OC)[nH]n(-c2ccc(F)cc2Cl)c1=O. The van der Waals surface area contributed by atoms with Crippen molar-refractivity contribution in [3.8, 4) is 5.69 Å². The van der Waals surface area contributed by atoms with Crippen molar-refractivity contribution in [2.45, 2.75) is 6.42 Å². The number of nitrogens with zero attached hydrogens (tertiary/aromatic N) is 1. The van der Waals surface area contributed by atoms with E-state index in [9.17, 15) is 18.8 Å². The summed E-state index contributed by atoms with van der Waals surface area (Å²) in [4.78, 5) is 36.2. The summed E-state index contributed by atoms with van der Waals surface area (Å²) in [7, 11) is 2.49. The highest BCUT2D eigenvalue weighted by Gasteiger charge is 2.24. The number of aromatic nitrogens is 2. The lowest BCUT2D eigenvalue weighted by Crippen LogP contribution is -2.23. The Morgan fingerprint density at radius 3 is 2.62 bits per heavy atom. The molecule has 0 amide bonds. The van der Waals surface area contributed by atoms with Crippen LogP contribution in [0.25, 0.3) is 5.69 Å². The molecular weight excluding hydrogens is 343 g/mol. The first-order chi connectivity index (χ1) is 11.4. The molecule has 1 aromatic heterocycles. The zero-order chi connectivity index (χ0) is 17.9. The summed E-state index contributed by atoms with van der Waals surface area (Å²) in [5.74, 6) is -1.82. The highest BCUT2D eigenvalue weighted by molar-refractivity contribution is 6.32. The van der Waals surface area contributed by atoms with E-state index in [0.717, 1.165) is 16.8 Å². The van der Waals surface area contributed by atoms with Crippen LogP contribution in [0.1, 0.15) is 16.1 Å². The largest absolute Gasteiger partial charge is 0.469 e. The molecule has 0 aliphatic carbocycles. The first-order valence-electron chi connectivity index (χ1n) is 6.77. The molecule has 2 rings (SSSR count). The number of H-pyrrole nitrogens is 1. The van der Waals surface area contributed by atoms with E-state index in [1.165, 1.54) is 20.3 Å². The molecule has 0 unspecified atom stereocenters. The van der Waals surface area contributed by atoms with Crippen molar-refractivity contribution in [2.75, 3.05) is 20.8 Å². The van der Waals surface area contributed by atoms with Gasteiger partial charge in [0.2, 0.25) is 0 Å². The van der Waals surface area contributed by atoms with Crippen LogP contribution in [-0.4, -0.2) is 42.4 Å². The number of methoxy groups -OCH3 is 2. The molecule has 1 aromatic carbocycles. The van der Waals surface area contributed by atoms with Gasteiger partial charge in [0.15, 0.2) is 5.78 Å². The van der Waals surface area contributed by atoms with E-state index >= 15 is 0 Å². The van der Waals surface area contributed by atoms with Crippen molar-refractivity contribution in [3.63, 3.8) is 0 Å². The van der Waals surface area contributed by atoms with Crippen molar-refractivity contribution < 1.29 is 23.5 Å². The molecule has 0 spiro atoms. The molecule has 0 saturated carbocycles. The van der Waals surface area contributed by atoms with Gasteiger partial charge in [-0.05, 0) is 18.2 Å². The second-order valence-electron chi connectivity index (χ2n) is 4.81. The number of ketones is 1. The Balaban J connectivity index is 2.61. The van der Waals surface area contributed by atoms with Gasteiger partial charge in [-0.15, -0.1) is 0 Å². The molecule has 0 atom stereocenters. The number of ether oxygens (including phenoxy) is 2. The van der Waals surface area contributed by atoms with Crippen LogP contribution >= 0.6 is 11.6 Å². The van der Waals surface area contributed by atoms with Crippen molar-refractivity contribution in [1.29, 1.82) is 0 Å². The summed E-state index contributed by atoms with van der Waals surface area (Å²) >= 11 is 5.95. The monoisotopic (exact) mass is 356 g/mol. The molecule has 24 heavy (non-hydrogen) atoms. The first-order valence-corrected chi connectivity index (χ1v) is 7.15. The highest BCUT2D eigenvalue weighted by atomic mass is 35.5. The van der Waals surface area contributed by atoms with Crippen LogP contribution in [0.15, 0.2) is 23.0 Å². The fraction of sp³-hybridized carbons (Fsp3) is 0.267. The van der Waals surface area contributed by atoms with Gasteiger partial charge >= 0.3 is 5.97 Å². The van der Waals surface area contributed by atoms with Crippen molar-refractivity contribution in [2.24, 2.45) is 0 Å². The number of nitrogens with one attached hydrogen (secondary N) is 1. The molecule has 0 fully saturated rings. The number of esters is 1. The Bertz CT molecular complexity index is 843. The maximum Gasteiger partial charge on any atom is 0.311 e. The maximum atomic E-state index is 13.2. The van der Waals surface area contributed by atoms with Crippen LogP contribution in [0, 0.1) is 5.82 Å².